The Balaban J connectivity index is 3.27. The van der Waals surface area contributed by atoms with Gasteiger partial charge >= 0.3 is 0 Å². The zero-order valence-electron chi connectivity index (χ0n) is 7.55. The highest BCUT2D eigenvalue weighted by Gasteiger charge is 2.02. The highest BCUT2D eigenvalue weighted by atomic mass is 16.3. The number of aliphatic hydroxyl groups excluding tert-OH is 1. The lowest BCUT2D eigenvalue weighted by atomic mass is 10.2. The van der Waals surface area contributed by atoms with E-state index in [1.54, 1.807) is 13.0 Å². The van der Waals surface area contributed by atoms with Crippen molar-refractivity contribution in [3.05, 3.63) is 12.7 Å². The molecule has 0 bridgehead atoms. The van der Waals surface area contributed by atoms with E-state index in [1.165, 1.54) is 0 Å². The molecule has 0 aliphatic rings. The number of hydrogen-bond donors (Lipinski definition) is 2. The number of nitrogens with one attached hydrogen (secondary N) is 1. The maximum Gasteiger partial charge on any atom is 0.220 e. The van der Waals surface area contributed by atoms with Gasteiger partial charge in [-0.2, -0.15) is 0 Å². The van der Waals surface area contributed by atoms with Gasteiger partial charge in [0, 0.05) is 13.0 Å². The van der Waals surface area contributed by atoms with E-state index in [4.69, 9.17) is 5.11 Å². The minimum absolute atomic E-state index is 0.00208. The Morgan fingerprint density at radius 1 is 1.75 bits per heavy atom. The van der Waals surface area contributed by atoms with Crippen molar-refractivity contribution in [2.24, 2.45) is 0 Å². The van der Waals surface area contributed by atoms with E-state index in [2.05, 4.69) is 11.9 Å². The van der Waals surface area contributed by atoms with Gasteiger partial charge in [0.1, 0.15) is 0 Å². The van der Waals surface area contributed by atoms with Crippen LogP contribution in [0.3, 0.4) is 0 Å². The van der Waals surface area contributed by atoms with Gasteiger partial charge in [-0.05, 0) is 19.8 Å². The molecular formula is C9H17NO2. The van der Waals surface area contributed by atoms with E-state index >= 15 is 0 Å². The van der Waals surface area contributed by atoms with Crippen molar-refractivity contribution in [2.75, 3.05) is 6.54 Å². The van der Waals surface area contributed by atoms with Crippen LogP contribution in [0.15, 0.2) is 12.7 Å². The van der Waals surface area contributed by atoms with Crippen molar-refractivity contribution < 1.29 is 9.90 Å². The molecule has 3 heteroatoms. The van der Waals surface area contributed by atoms with Gasteiger partial charge < -0.3 is 10.4 Å². The van der Waals surface area contributed by atoms with Gasteiger partial charge in [0.2, 0.25) is 5.91 Å². The van der Waals surface area contributed by atoms with E-state index < -0.39 is 6.10 Å². The maximum absolute atomic E-state index is 11.0. The summed E-state index contributed by atoms with van der Waals surface area (Å²) in [6.07, 6.45) is 3.08. The fourth-order valence-electron chi connectivity index (χ4n) is 0.742. The summed E-state index contributed by atoms with van der Waals surface area (Å²) in [5.41, 5.74) is 0. The molecule has 0 saturated carbocycles. The lowest BCUT2D eigenvalue weighted by molar-refractivity contribution is -0.121. The molecule has 1 unspecified atom stereocenters. The van der Waals surface area contributed by atoms with Gasteiger partial charge in [-0.15, -0.1) is 6.58 Å². The van der Waals surface area contributed by atoms with Gasteiger partial charge in [-0.3, -0.25) is 4.79 Å². The van der Waals surface area contributed by atoms with Gasteiger partial charge in [-0.1, -0.05) is 6.08 Å². The molecule has 0 heterocycles. The Kier molecular flexibility index (Phi) is 6.38. The average molecular weight is 171 g/mol. The second-order valence-corrected chi connectivity index (χ2v) is 2.81. The molecule has 12 heavy (non-hydrogen) atoms. The van der Waals surface area contributed by atoms with E-state index in [1.807, 2.05) is 0 Å². The van der Waals surface area contributed by atoms with Crippen LogP contribution in [0.1, 0.15) is 26.2 Å². The summed E-state index contributed by atoms with van der Waals surface area (Å²) in [5, 5.41) is 11.6. The largest absolute Gasteiger partial charge is 0.393 e. The molecule has 0 aliphatic heterocycles. The molecule has 3 nitrogen and oxygen atoms in total. The van der Waals surface area contributed by atoms with Crippen LogP contribution < -0.4 is 5.32 Å². The van der Waals surface area contributed by atoms with Crippen LogP contribution in [0.4, 0.5) is 0 Å². The van der Waals surface area contributed by atoms with Gasteiger partial charge in [0.15, 0.2) is 0 Å². The Morgan fingerprint density at radius 2 is 2.42 bits per heavy atom. The molecule has 1 atom stereocenters. The molecule has 0 aromatic carbocycles. The minimum Gasteiger partial charge on any atom is -0.393 e. The van der Waals surface area contributed by atoms with Crippen molar-refractivity contribution in [3.8, 4) is 0 Å². The smallest absolute Gasteiger partial charge is 0.220 e. The fourth-order valence-corrected chi connectivity index (χ4v) is 0.742. The second kappa shape index (κ2) is 6.85. The average Bonchev–Trinajstić information content (AvgIpc) is 2.01. The van der Waals surface area contributed by atoms with Crippen LogP contribution in [-0.4, -0.2) is 23.7 Å². The first-order valence-corrected chi connectivity index (χ1v) is 4.22. The Hall–Kier alpha value is -0.830. The first-order chi connectivity index (χ1) is 5.66. The van der Waals surface area contributed by atoms with Crippen LogP contribution in [0, 0.1) is 0 Å². The number of carbonyl (C=O) groups excluding carboxylic acids is 1. The van der Waals surface area contributed by atoms with Gasteiger partial charge in [0.25, 0.3) is 0 Å². The number of hydrogen-bond acceptors (Lipinski definition) is 2. The highest BCUT2D eigenvalue weighted by Crippen LogP contribution is 1.94. The van der Waals surface area contributed by atoms with E-state index in [9.17, 15) is 4.79 Å². The Labute approximate surface area is 73.5 Å². The molecule has 0 fully saturated rings. The third kappa shape index (κ3) is 7.28. The summed E-state index contributed by atoms with van der Waals surface area (Å²) in [6, 6.07) is 0. The molecule has 2 N–H and O–H groups in total. The van der Waals surface area contributed by atoms with E-state index in [-0.39, 0.29) is 5.91 Å². The molecular weight excluding hydrogens is 154 g/mol. The predicted octanol–water partition coefficient (Wildman–Crippen LogP) is 0.840. The summed E-state index contributed by atoms with van der Waals surface area (Å²) in [5.74, 6) is -0.00208. The van der Waals surface area contributed by atoms with E-state index in [0.717, 1.165) is 6.42 Å². The summed E-state index contributed by atoms with van der Waals surface area (Å²) < 4.78 is 0. The van der Waals surface area contributed by atoms with E-state index in [0.29, 0.717) is 19.4 Å². The summed E-state index contributed by atoms with van der Waals surface area (Å²) in [7, 11) is 0. The maximum atomic E-state index is 11.0. The zero-order chi connectivity index (χ0) is 9.40. The molecule has 0 saturated heterocycles. The second-order valence-electron chi connectivity index (χ2n) is 2.81. The molecule has 0 spiro atoms. The van der Waals surface area contributed by atoms with Crippen molar-refractivity contribution >= 4 is 5.91 Å². The highest BCUT2D eigenvalue weighted by molar-refractivity contribution is 5.75. The number of amides is 1. The lowest BCUT2D eigenvalue weighted by Gasteiger charge is -2.04. The van der Waals surface area contributed by atoms with Gasteiger partial charge in [0.05, 0.1) is 6.10 Å². The SMILES string of the molecule is C=CCCNC(=O)CCC(C)O. The molecule has 0 aromatic rings. The summed E-state index contributed by atoms with van der Waals surface area (Å²) in [4.78, 5) is 11.0. The molecule has 0 aromatic heterocycles. The van der Waals surface area contributed by atoms with Crippen LogP contribution in [0.5, 0.6) is 0 Å². The molecule has 1 amide bonds. The molecule has 0 radical (unpaired) electrons. The van der Waals surface area contributed by atoms with Crippen molar-refractivity contribution in [2.45, 2.75) is 32.3 Å². The van der Waals surface area contributed by atoms with Crippen LogP contribution in [0.2, 0.25) is 0 Å². The number of aliphatic hydroxyl groups is 1. The van der Waals surface area contributed by atoms with Crippen molar-refractivity contribution in [1.82, 2.24) is 5.32 Å². The van der Waals surface area contributed by atoms with Crippen molar-refractivity contribution in [3.63, 3.8) is 0 Å². The zero-order valence-corrected chi connectivity index (χ0v) is 7.55. The van der Waals surface area contributed by atoms with Gasteiger partial charge in [-0.25, -0.2) is 0 Å². The van der Waals surface area contributed by atoms with Crippen LogP contribution in [0.25, 0.3) is 0 Å². The topological polar surface area (TPSA) is 49.3 Å². The van der Waals surface area contributed by atoms with Crippen LogP contribution >= 0.6 is 0 Å². The predicted molar refractivity (Wildman–Crippen MR) is 48.7 cm³/mol. The number of carbonyl (C=O) groups is 1. The van der Waals surface area contributed by atoms with Crippen LogP contribution in [-0.2, 0) is 4.79 Å². The monoisotopic (exact) mass is 171 g/mol. The first-order valence-electron chi connectivity index (χ1n) is 4.22. The Bertz CT molecular complexity index is 143. The summed E-state index contributed by atoms with van der Waals surface area (Å²) in [6.45, 7) is 5.86. The Morgan fingerprint density at radius 3 is 2.92 bits per heavy atom. The third-order valence-corrected chi connectivity index (χ3v) is 1.46. The molecule has 0 aliphatic carbocycles. The molecule has 70 valence electrons. The quantitative estimate of drug-likeness (QED) is 0.459. The minimum atomic E-state index is -0.393. The third-order valence-electron chi connectivity index (χ3n) is 1.46. The lowest BCUT2D eigenvalue weighted by Crippen LogP contribution is -2.24. The van der Waals surface area contributed by atoms with Crippen molar-refractivity contribution in [1.29, 1.82) is 0 Å². The fraction of sp³-hybridized carbons (Fsp3) is 0.667. The standard InChI is InChI=1S/C9H17NO2/c1-3-4-7-10-9(12)6-5-8(2)11/h3,8,11H,1,4-7H2,2H3,(H,10,12). The first kappa shape index (κ1) is 11.2. The molecule has 0 rings (SSSR count). The normalized spacial score (nSPS) is 12.2. The number of rotatable bonds is 6. The summed E-state index contributed by atoms with van der Waals surface area (Å²) >= 11 is 0.